The van der Waals surface area contributed by atoms with E-state index in [-0.39, 0.29) is 0 Å². The number of rotatable bonds is 1. The van der Waals surface area contributed by atoms with Crippen molar-refractivity contribution in [1.82, 2.24) is 9.55 Å². The van der Waals surface area contributed by atoms with Crippen molar-refractivity contribution < 1.29 is 0 Å². The fraction of sp³-hybridized carbons (Fsp3) is 0.727. The second kappa shape index (κ2) is 3.17. The molecule has 72 valence electrons. The third-order valence-corrected chi connectivity index (χ3v) is 3.08. The van der Waals surface area contributed by atoms with E-state index in [0.29, 0.717) is 6.04 Å². The molecule has 0 radical (unpaired) electrons. The molecule has 0 aromatic carbocycles. The second-order valence-corrected chi connectivity index (χ2v) is 4.02. The van der Waals surface area contributed by atoms with Crippen LogP contribution >= 0.6 is 0 Å². The highest BCUT2D eigenvalue weighted by atomic mass is 15.1. The van der Waals surface area contributed by atoms with E-state index < -0.39 is 0 Å². The third-order valence-electron chi connectivity index (χ3n) is 3.08. The molecule has 1 aromatic heterocycles. The van der Waals surface area contributed by atoms with Gasteiger partial charge in [0, 0.05) is 18.2 Å². The van der Waals surface area contributed by atoms with Crippen LogP contribution in [0.3, 0.4) is 0 Å². The Morgan fingerprint density at radius 3 is 3.00 bits per heavy atom. The van der Waals surface area contributed by atoms with E-state index in [1.54, 1.807) is 0 Å². The van der Waals surface area contributed by atoms with Crippen LogP contribution in [0.25, 0.3) is 0 Å². The van der Waals surface area contributed by atoms with E-state index in [4.69, 9.17) is 0 Å². The lowest BCUT2D eigenvalue weighted by Gasteiger charge is -2.23. The van der Waals surface area contributed by atoms with Gasteiger partial charge in [-0.3, -0.25) is 0 Å². The van der Waals surface area contributed by atoms with Crippen LogP contribution in [-0.2, 0) is 12.8 Å². The van der Waals surface area contributed by atoms with Crippen LogP contribution in [0.5, 0.6) is 0 Å². The molecule has 0 fully saturated rings. The molecule has 1 aliphatic heterocycles. The molecule has 0 amide bonds. The van der Waals surface area contributed by atoms with Crippen LogP contribution in [0.15, 0.2) is 0 Å². The van der Waals surface area contributed by atoms with Crippen LogP contribution in [-0.4, -0.2) is 9.55 Å². The molecule has 1 unspecified atom stereocenters. The van der Waals surface area contributed by atoms with Gasteiger partial charge in [-0.15, -0.1) is 0 Å². The third kappa shape index (κ3) is 1.28. The molecule has 1 aromatic rings. The standard InChI is InChI=1S/C11H18N2/c1-4-10-9(3)12-11-7-5-6-8(2)13(10)11/h8H,4-7H2,1-3H3. The highest BCUT2D eigenvalue weighted by molar-refractivity contribution is 5.18. The number of imidazole rings is 1. The van der Waals surface area contributed by atoms with Gasteiger partial charge in [0.05, 0.1) is 5.69 Å². The van der Waals surface area contributed by atoms with Crippen LogP contribution in [0.2, 0.25) is 0 Å². The van der Waals surface area contributed by atoms with E-state index >= 15 is 0 Å². The number of aromatic nitrogens is 2. The number of fused-ring (bicyclic) bond motifs is 1. The predicted octanol–water partition coefficient (Wildman–Crippen LogP) is 2.65. The predicted molar refractivity (Wildman–Crippen MR) is 54.0 cm³/mol. The smallest absolute Gasteiger partial charge is 0.109 e. The Morgan fingerprint density at radius 2 is 2.31 bits per heavy atom. The molecule has 0 aliphatic carbocycles. The van der Waals surface area contributed by atoms with Crippen LogP contribution in [0.1, 0.15) is 49.9 Å². The minimum Gasteiger partial charge on any atom is -0.329 e. The Labute approximate surface area is 80.0 Å². The maximum atomic E-state index is 4.64. The zero-order valence-corrected chi connectivity index (χ0v) is 8.80. The largest absolute Gasteiger partial charge is 0.329 e. The van der Waals surface area contributed by atoms with Gasteiger partial charge in [0.1, 0.15) is 5.82 Å². The first-order valence-electron chi connectivity index (χ1n) is 5.30. The summed E-state index contributed by atoms with van der Waals surface area (Å²) in [7, 11) is 0. The maximum absolute atomic E-state index is 4.64. The van der Waals surface area contributed by atoms with Crippen molar-refractivity contribution in [2.24, 2.45) is 0 Å². The van der Waals surface area contributed by atoms with E-state index in [2.05, 4.69) is 30.3 Å². The van der Waals surface area contributed by atoms with Gasteiger partial charge >= 0.3 is 0 Å². The van der Waals surface area contributed by atoms with E-state index in [1.165, 1.54) is 36.5 Å². The highest BCUT2D eigenvalue weighted by Gasteiger charge is 2.20. The lowest BCUT2D eigenvalue weighted by molar-refractivity contribution is 0.415. The molecule has 0 N–H and O–H groups in total. The normalized spacial score (nSPS) is 21.6. The topological polar surface area (TPSA) is 17.8 Å². The SMILES string of the molecule is CCc1c(C)nc2n1C(C)CCC2. The molecule has 13 heavy (non-hydrogen) atoms. The van der Waals surface area contributed by atoms with Crippen molar-refractivity contribution in [2.45, 2.75) is 52.5 Å². The molecule has 0 bridgehead atoms. The zero-order valence-electron chi connectivity index (χ0n) is 8.80. The molecule has 2 heterocycles. The minimum atomic E-state index is 0.667. The summed E-state index contributed by atoms with van der Waals surface area (Å²) in [6.07, 6.45) is 4.91. The van der Waals surface area contributed by atoms with Gasteiger partial charge < -0.3 is 4.57 Å². The summed E-state index contributed by atoms with van der Waals surface area (Å²) < 4.78 is 2.46. The van der Waals surface area contributed by atoms with Gasteiger partial charge in [-0.1, -0.05) is 6.92 Å². The van der Waals surface area contributed by atoms with Gasteiger partial charge in [0.15, 0.2) is 0 Å². The van der Waals surface area contributed by atoms with Crippen LogP contribution < -0.4 is 0 Å². The summed E-state index contributed by atoms with van der Waals surface area (Å²) in [5.41, 5.74) is 2.69. The molecule has 1 aliphatic rings. The summed E-state index contributed by atoms with van der Waals surface area (Å²) in [5, 5.41) is 0. The summed E-state index contributed by atoms with van der Waals surface area (Å²) in [6, 6.07) is 0.667. The number of hydrogen-bond acceptors (Lipinski definition) is 1. The molecular weight excluding hydrogens is 160 g/mol. The molecule has 2 rings (SSSR count). The average molecular weight is 178 g/mol. The van der Waals surface area contributed by atoms with Crippen LogP contribution in [0, 0.1) is 6.92 Å². The quantitative estimate of drug-likeness (QED) is 0.646. The molecule has 2 heteroatoms. The molecular formula is C11H18N2. The Hall–Kier alpha value is -0.790. The van der Waals surface area contributed by atoms with Crippen molar-refractivity contribution >= 4 is 0 Å². The molecule has 2 nitrogen and oxygen atoms in total. The molecule has 0 spiro atoms. The lowest BCUT2D eigenvalue weighted by atomic mass is 10.1. The second-order valence-electron chi connectivity index (χ2n) is 4.02. The zero-order chi connectivity index (χ0) is 9.42. The van der Waals surface area contributed by atoms with Gasteiger partial charge in [0.25, 0.3) is 0 Å². The minimum absolute atomic E-state index is 0.667. The maximum Gasteiger partial charge on any atom is 0.109 e. The monoisotopic (exact) mass is 178 g/mol. The van der Waals surface area contributed by atoms with Crippen molar-refractivity contribution in [3.63, 3.8) is 0 Å². The highest BCUT2D eigenvalue weighted by Crippen LogP contribution is 2.27. The Kier molecular flexibility index (Phi) is 2.14. The van der Waals surface area contributed by atoms with Crippen LogP contribution in [0.4, 0.5) is 0 Å². The molecule has 0 saturated carbocycles. The number of hydrogen-bond donors (Lipinski definition) is 0. The Morgan fingerprint density at radius 1 is 1.54 bits per heavy atom. The summed E-state index contributed by atoms with van der Waals surface area (Å²) in [4.78, 5) is 4.64. The fourth-order valence-electron chi connectivity index (χ4n) is 2.45. The van der Waals surface area contributed by atoms with Crippen molar-refractivity contribution in [1.29, 1.82) is 0 Å². The number of nitrogens with zero attached hydrogens (tertiary/aromatic N) is 2. The molecule has 1 atom stereocenters. The van der Waals surface area contributed by atoms with Gasteiger partial charge in [-0.05, 0) is 33.1 Å². The van der Waals surface area contributed by atoms with Gasteiger partial charge in [0.2, 0.25) is 0 Å². The van der Waals surface area contributed by atoms with E-state index in [9.17, 15) is 0 Å². The van der Waals surface area contributed by atoms with E-state index in [0.717, 1.165) is 6.42 Å². The Bertz CT molecular complexity index is 312. The van der Waals surface area contributed by atoms with Gasteiger partial charge in [-0.25, -0.2) is 4.98 Å². The number of aryl methyl sites for hydroxylation is 2. The first-order chi connectivity index (χ1) is 6.24. The summed E-state index contributed by atoms with van der Waals surface area (Å²) >= 11 is 0. The summed E-state index contributed by atoms with van der Waals surface area (Å²) in [5.74, 6) is 1.31. The average Bonchev–Trinajstić information content (AvgIpc) is 2.42. The van der Waals surface area contributed by atoms with E-state index in [1.807, 2.05) is 0 Å². The molecule has 0 saturated heterocycles. The van der Waals surface area contributed by atoms with Crippen molar-refractivity contribution in [2.75, 3.05) is 0 Å². The van der Waals surface area contributed by atoms with Crippen molar-refractivity contribution in [3.05, 3.63) is 17.2 Å². The van der Waals surface area contributed by atoms with Gasteiger partial charge in [-0.2, -0.15) is 0 Å². The first-order valence-corrected chi connectivity index (χ1v) is 5.30. The first kappa shape index (κ1) is 8.79. The fourth-order valence-corrected chi connectivity index (χ4v) is 2.45. The lowest BCUT2D eigenvalue weighted by Crippen LogP contribution is -2.17. The summed E-state index contributed by atoms with van der Waals surface area (Å²) in [6.45, 7) is 6.67. The van der Waals surface area contributed by atoms with Crippen molar-refractivity contribution in [3.8, 4) is 0 Å². The Balaban J connectivity index is 2.51.